The van der Waals surface area contributed by atoms with Crippen LogP contribution in [0.1, 0.15) is 142 Å². The lowest BCUT2D eigenvalue weighted by atomic mass is 9.98. The Balaban J connectivity index is 1.80. The van der Waals surface area contributed by atoms with E-state index in [0.29, 0.717) is 13.0 Å². The Morgan fingerprint density at radius 1 is 0.508 bits per heavy atom. The fourth-order valence-electron chi connectivity index (χ4n) is 7.25. The summed E-state index contributed by atoms with van der Waals surface area (Å²) in [6.45, 7) is 3.38. The highest BCUT2D eigenvalue weighted by Crippen LogP contribution is 2.26. The molecule has 0 aromatic rings. The molecule has 0 bridgehead atoms. The second-order valence-corrected chi connectivity index (χ2v) is 16.9. The minimum Gasteiger partial charge on any atom is -0.457 e. The van der Waals surface area contributed by atoms with Crippen molar-refractivity contribution in [3.8, 4) is 0 Å². The molecule has 374 valence electrons. The van der Waals surface area contributed by atoms with E-state index in [1.165, 1.54) is 6.42 Å². The minimum atomic E-state index is -1.72. The van der Waals surface area contributed by atoms with Gasteiger partial charge in [0.1, 0.15) is 54.9 Å². The summed E-state index contributed by atoms with van der Waals surface area (Å²) < 4.78 is 34.2. The predicted molar refractivity (Wildman–Crippen MR) is 252 cm³/mol. The van der Waals surface area contributed by atoms with Crippen LogP contribution in [0.2, 0.25) is 0 Å². The molecule has 2 rings (SSSR count). The number of ether oxygens (including phenoxy) is 6. The van der Waals surface area contributed by atoms with Crippen molar-refractivity contribution in [3.05, 3.63) is 72.9 Å². The normalized spacial score (nSPS) is 27.2. The first-order valence-corrected chi connectivity index (χ1v) is 24.5. The van der Waals surface area contributed by atoms with Gasteiger partial charge in [0.2, 0.25) is 0 Å². The summed E-state index contributed by atoms with van der Waals surface area (Å²) in [5.41, 5.74) is 0. The van der Waals surface area contributed by atoms with Crippen LogP contribution >= 0.6 is 0 Å². The van der Waals surface area contributed by atoms with Crippen LogP contribution in [-0.2, 0) is 33.2 Å². The zero-order chi connectivity index (χ0) is 47.3. The molecule has 0 aliphatic carbocycles. The largest absolute Gasteiger partial charge is 0.457 e. The third kappa shape index (κ3) is 26.5. The van der Waals surface area contributed by atoms with Gasteiger partial charge in [0.15, 0.2) is 12.6 Å². The Bertz CT molecular complexity index is 1350. The van der Waals surface area contributed by atoms with E-state index in [1.54, 1.807) is 0 Å². The molecule has 11 atom stereocenters. The molecule has 2 fully saturated rings. The fraction of sp³-hybridized carbons (Fsp3) is 0.745. The monoisotopic (exact) mass is 923 g/mol. The van der Waals surface area contributed by atoms with E-state index in [-0.39, 0.29) is 19.6 Å². The molecule has 0 aromatic heterocycles. The van der Waals surface area contributed by atoms with Crippen molar-refractivity contribution in [1.29, 1.82) is 0 Å². The molecule has 0 radical (unpaired) electrons. The number of esters is 1. The molecule has 2 aliphatic heterocycles. The zero-order valence-electron chi connectivity index (χ0n) is 39.4. The summed E-state index contributed by atoms with van der Waals surface area (Å²) in [6, 6.07) is 0. The highest BCUT2D eigenvalue weighted by Gasteiger charge is 2.47. The smallest absolute Gasteiger partial charge is 0.306 e. The first kappa shape index (κ1) is 58.6. The lowest BCUT2D eigenvalue weighted by molar-refractivity contribution is -0.332. The Morgan fingerprint density at radius 2 is 0.954 bits per heavy atom. The molecular weight excluding hydrogens is 837 g/mol. The van der Waals surface area contributed by atoms with Crippen LogP contribution < -0.4 is 0 Å². The number of unbranched alkanes of at least 4 members (excludes halogenated alkanes) is 11. The average Bonchev–Trinajstić information content (AvgIpc) is 3.30. The average molecular weight is 923 g/mol. The van der Waals surface area contributed by atoms with Crippen molar-refractivity contribution in [2.45, 2.75) is 210 Å². The van der Waals surface area contributed by atoms with Crippen molar-refractivity contribution < 1.29 is 69.0 Å². The zero-order valence-corrected chi connectivity index (χ0v) is 39.4. The standard InChI is InChI=1S/C51H86O14/c1-3-5-7-9-11-13-15-17-19-21-23-25-27-29-31-33-35-60-37-40(63-43(53)34-32-30-28-26-24-22-20-18-16-14-12-10-8-6-4-2)38-61-50-49(59)47(57)45(55)42(65-50)39-62-51-48(58)46(56)44(54)41(36-52)64-51/h5-8,11-14,17-20,40-42,44-52,54-59H,3-4,9-10,15-16,21-39H2,1-2H3/b7-5-,8-6-,13-11-,14-12-,19-17-,20-18-. The van der Waals surface area contributed by atoms with Gasteiger partial charge in [-0.1, -0.05) is 132 Å². The topological polar surface area (TPSA) is 214 Å². The molecule has 0 amide bonds. The highest BCUT2D eigenvalue weighted by atomic mass is 16.7. The molecule has 14 nitrogen and oxygen atoms in total. The van der Waals surface area contributed by atoms with Crippen LogP contribution in [0.15, 0.2) is 72.9 Å². The summed E-state index contributed by atoms with van der Waals surface area (Å²) in [7, 11) is 0. The quantitative estimate of drug-likeness (QED) is 0.0196. The maximum Gasteiger partial charge on any atom is 0.306 e. The second-order valence-electron chi connectivity index (χ2n) is 16.9. The van der Waals surface area contributed by atoms with Crippen LogP contribution in [0.4, 0.5) is 0 Å². The van der Waals surface area contributed by atoms with E-state index in [2.05, 4.69) is 86.8 Å². The predicted octanol–water partition coefficient (Wildman–Crippen LogP) is 6.73. The van der Waals surface area contributed by atoms with Gasteiger partial charge in [-0.05, 0) is 77.0 Å². The number of rotatable bonds is 37. The lowest BCUT2D eigenvalue weighted by Crippen LogP contribution is -2.61. The maximum absolute atomic E-state index is 13.0. The van der Waals surface area contributed by atoms with Crippen LogP contribution in [0.25, 0.3) is 0 Å². The molecule has 0 aromatic carbocycles. The second kappa shape index (κ2) is 38.4. The van der Waals surface area contributed by atoms with Gasteiger partial charge in [-0.3, -0.25) is 4.79 Å². The Hall–Kier alpha value is -2.57. The summed E-state index contributed by atoms with van der Waals surface area (Å²) in [4.78, 5) is 13.0. The Morgan fingerprint density at radius 3 is 1.49 bits per heavy atom. The van der Waals surface area contributed by atoms with Crippen LogP contribution in [-0.4, -0.2) is 142 Å². The highest BCUT2D eigenvalue weighted by molar-refractivity contribution is 5.69. The van der Waals surface area contributed by atoms with Crippen molar-refractivity contribution in [3.63, 3.8) is 0 Å². The van der Waals surface area contributed by atoms with E-state index >= 15 is 0 Å². The molecule has 0 saturated carbocycles. The van der Waals surface area contributed by atoms with Gasteiger partial charge in [-0.2, -0.15) is 0 Å². The molecular formula is C51H86O14. The first-order valence-electron chi connectivity index (χ1n) is 24.5. The van der Waals surface area contributed by atoms with E-state index in [4.69, 9.17) is 28.4 Å². The van der Waals surface area contributed by atoms with Gasteiger partial charge < -0.3 is 64.2 Å². The fourth-order valence-corrected chi connectivity index (χ4v) is 7.25. The number of hydrogen-bond acceptors (Lipinski definition) is 14. The van der Waals surface area contributed by atoms with Crippen molar-refractivity contribution in [1.82, 2.24) is 0 Å². The van der Waals surface area contributed by atoms with E-state index in [9.17, 15) is 40.5 Å². The van der Waals surface area contributed by atoms with Crippen molar-refractivity contribution in [2.24, 2.45) is 0 Å². The van der Waals surface area contributed by atoms with Gasteiger partial charge in [0.25, 0.3) is 0 Å². The molecule has 65 heavy (non-hydrogen) atoms. The van der Waals surface area contributed by atoms with E-state index in [1.807, 2.05) is 0 Å². The molecule has 2 aliphatic rings. The first-order chi connectivity index (χ1) is 31.6. The molecule has 0 spiro atoms. The summed E-state index contributed by atoms with van der Waals surface area (Å²) in [6.07, 6.45) is 29.6. The molecule has 14 heteroatoms. The minimum absolute atomic E-state index is 0.0412. The summed E-state index contributed by atoms with van der Waals surface area (Å²) in [5.74, 6) is -0.402. The number of carbonyl (C=O) groups excluding carboxylic acids is 1. The van der Waals surface area contributed by atoms with Gasteiger partial charge in [-0.25, -0.2) is 0 Å². The summed E-state index contributed by atoms with van der Waals surface area (Å²) >= 11 is 0. The number of aliphatic hydroxyl groups excluding tert-OH is 7. The van der Waals surface area contributed by atoms with Gasteiger partial charge >= 0.3 is 5.97 Å². The van der Waals surface area contributed by atoms with Gasteiger partial charge in [-0.15, -0.1) is 0 Å². The van der Waals surface area contributed by atoms with E-state index < -0.39 is 86.7 Å². The van der Waals surface area contributed by atoms with Crippen molar-refractivity contribution in [2.75, 3.05) is 33.0 Å². The maximum atomic E-state index is 13.0. The number of hydrogen-bond donors (Lipinski definition) is 7. The van der Waals surface area contributed by atoms with Gasteiger partial charge in [0, 0.05) is 13.0 Å². The third-order valence-corrected chi connectivity index (χ3v) is 11.2. The summed E-state index contributed by atoms with van der Waals surface area (Å²) in [5, 5.41) is 72.1. The number of carbonyl (C=O) groups is 1. The van der Waals surface area contributed by atoms with Crippen LogP contribution in [0.5, 0.6) is 0 Å². The number of allylic oxidation sites excluding steroid dienone is 12. The molecule has 7 N–H and O–H groups in total. The molecule has 11 unspecified atom stereocenters. The van der Waals surface area contributed by atoms with E-state index in [0.717, 1.165) is 109 Å². The third-order valence-electron chi connectivity index (χ3n) is 11.2. The Labute approximate surface area is 389 Å². The van der Waals surface area contributed by atoms with Crippen LogP contribution in [0.3, 0.4) is 0 Å². The van der Waals surface area contributed by atoms with Crippen LogP contribution in [0, 0.1) is 0 Å². The number of aliphatic hydroxyl groups is 7. The Kier molecular flexibility index (Phi) is 34.6. The SMILES string of the molecule is CC/C=C\C/C=C\C/C=C\CCCCCCCCOCC(COC1OC(COC2OC(CO)C(O)C(O)C2O)C(O)C(O)C1O)OC(=O)CCCCCCC/C=C\C/C=C\C/C=C\CC. The molecule has 2 heterocycles. The lowest BCUT2D eigenvalue weighted by Gasteiger charge is -2.42. The van der Waals surface area contributed by atoms with Crippen molar-refractivity contribution >= 4 is 5.97 Å². The molecule has 2 saturated heterocycles. The van der Waals surface area contributed by atoms with Gasteiger partial charge in [0.05, 0.1) is 26.4 Å².